The molecule has 7 nitrogen and oxygen atoms in total. The van der Waals surface area contributed by atoms with Gasteiger partial charge in [-0.25, -0.2) is 4.68 Å². The SMILES string of the molecule is Cc1ccc(-c2nn(-c3ccccc3)cc2C(=O)Nc2cccc(NC(=O)c3cccs3)c2)o1. The Morgan fingerprint density at radius 2 is 1.65 bits per heavy atom. The van der Waals surface area contributed by atoms with Crippen LogP contribution in [0.1, 0.15) is 25.8 Å². The molecule has 2 aromatic carbocycles. The summed E-state index contributed by atoms with van der Waals surface area (Å²) in [6.07, 6.45) is 1.68. The number of rotatable bonds is 6. The molecule has 3 aromatic heterocycles. The molecule has 0 fully saturated rings. The van der Waals surface area contributed by atoms with Crippen LogP contribution in [0.4, 0.5) is 11.4 Å². The standard InChI is InChI=1S/C26H20N4O3S/c1-17-12-13-22(33-17)24-21(16-30(29-24)20-9-3-2-4-10-20)25(31)27-18-7-5-8-19(15-18)28-26(32)23-11-6-14-34-23/h2-16H,1H3,(H,27,31)(H,28,32). The lowest BCUT2D eigenvalue weighted by Crippen LogP contribution is -2.13. The van der Waals surface area contributed by atoms with Gasteiger partial charge < -0.3 is 15.1 Å². The minimum absolute atomic E-state index is 0.196. The predicted molar refractivity (Wildman–Crippen MR) is 133 cm³/mol. The van der Waals surface area contributed by atoms with E-state index < -0.39 is 0 Å². The van der Waals surface area contributed by atoms with Crippen molar-refractivity contribution in [2.24, 2.45) is 0 Å². The van der Waals surface area contributed by atoms with Crippen molar-refractivity contribution in [1.82, 2.24) is 9.78 Å². The van der Waals surface area contributed by atoms with Gasteiger partial charge in [0.2, 0.25) is 0 Å². The molecule has 0 saturated carbocycles. The number of aromatic nitrogens is 2. The predicted octanol–water partition coefficient (Wildman–Crippen LogP) is 6.01. The van der Waals surface area contributed by atoms with Crippen molar-refractivity contribution in [3.63, 3.8) is 0 Å². The molecule has 2 N–H and O–H groups in total. The maximum Gasteiger partial charge on any atom is 0.265 e. The smallest absolute Gasteiger partial charge is 0.265 e. The maximum atomic E-state index is 13.3. The molecule has 0 radical (unpaired) electrons. The normalized spacial score (nSPS) is 10.7. The molecule has 0 bridgehead atoms. The number of carbonyl (C=O) groups excluding carboxylic acids is 2. The van der Waals surface area contributed by atoms with E-state index in [4.69, 9.17) is 4.42 Å². The molecule has 0 aliphatic rings. The van der Waals surface area contributed by atoms with Crippen LogP contribution in [-0.4, -0.2) is 21.6 Å². The van der Waals surface area contributed by atoms with Crippen LogP contribution in [0.25, 0.3) is 17.1 Å². The summed E-state index contributed by atoms with van der Waals surface area (Å²) in [7, 11) is 0. The second kappa shape index (κ2) is 9.21. The third kappa shape index (κ3) is 4.53. The Kier molecular flexibility index (Phi) is 5.80. The summed E-state index contributed by atoms with van der Waals surface area (Å²) < 4.78 is 7.41. The molecule has 5 aromatic rings. The van der Waals surface area contributed by atoms with Gasteiger partial charge in [0.25, 0.3) is 11.8 Å². The van der Waals surface area contributed by atoms with Crippen LogP contribution in [0.3, 0.4) is 0 Å². The Morgan fingerprint density at radius 1 is 0.882 bits per heavy atom. The third-order valence-electron chi connectivity index (χ3n) is 5.08. The average molecular weight is 469 g/mol. The quantitative estimate of drug-likeness (QED) is 0.320. The van der Waals surface area contributed by atoms with Crippen LogP contribution in [0, 0.1) is 6.92 Å². The number of benzene rings is 2. The van der Waals surface area contributed by atoms with Crippen LogP contribution in [0.5, 0.6) is 0 Å². The summed E-state index contributed by atoms with van der Waals surface area (Å²) in [6.45, 7) is 1.84. The van der Waals surface area contributed by atoms with Gasteiger partial charge in [-0.3, -0.25) is 9.59 Å². The van der Waals surface area contributed by atoms with Crippen molar-refractivity contribution < 1.29 is 14.0 Å². The molecule has 0 saturated heterocycles. The van der Waals surface area contributed by atoms with E-state index in [0.29, 0.717) is 33.3 Å². The lowest BCUT2D eigenvalue weighted by atomic mass is 10.2. The number of furan rings is 1. The Balaban J connectivity index is 1.42. The van der Waals surface area contributed by atoms with Gasteiger partial charge in [0.05, 0.1) is 16.1 Å². The fourth-order valence-corrected chi connectivity index (χ4v) is 4.09. The van der Waals surface area contributed by atoms with Gasteiger partial charge in [-0.1, -0.05) is 30.3 Å². The number of anilines is 2. The molecule has 2 amide bonds. The number of carbonyl (C=O) groups is 2. The molecule has 34 heavy (non-hydrogen) atoms. The minimum Gasteiger partial charge on any atom is -0.460 e. The van der Waals surface area contributed by atoms with Gasteiger partial charge in [-0.05, 0) is 60.8 Å². The van der Waals surface area contributed by atoms with E-state index >= 15 is 0 Å². The van der Waals surface area contributed by atoms with Crippen molar-refractivity contribution in [1.29, 1.82) is 0 Å². The van der Waals surface area contributed by atoms with Crippen molar-refractivity contribution in [2.45, 2.75) is 6.92 Å². The second-order valence-electron chi connectivity index (χ2n) is 7.55. The molecule has 0 aliphatic carbocycles. The number of hydrogen-bond donors (Lipinski definition) is 2. The zero-order chi connectivity index (χ0) is 23.5. The largest absolute Gasteiger partial charge is 0.460 e. The summed E-state index contributed by atoms with van der Waals surface area (Å²) in [6, 6.07) is 23.8. The lowest BCUT2D eigenvalue weighted by molar-refractivity contribution is 0.102. The van der Waals surface area contributed by atoms with E-state index in [9.17, 15) is 9.59 Å². The molecule has 0 spiro atoms. The molecular weight excluding hydrogens is 448 g/mol. The fourth-order valence-electron chi connectivity index (χ4n) is 3.47. The molecule has 0 atom stereocenters. The fraction of sp³-hybridized carbons (Fsp3) is 0.0385. The molecule has 0 aliphatic heterocycles. The number of hydrogen-bond acceptors (Lipinski definition) is 5. The van der Waals surface area contributed by atoms with Gasteiger partial charge in [-0.2, -0.15) is 5.10 Å². The first-order valence-corrected chi connectivity index (χ1v) is 11.4. The van der Waals surface area contributed by atoms with Gasteiger partial charge in [-0.15, -0.1) is 11.3 Å². The Hall–Kier alpha value is -4.43. The summed E-state index contributed by atoms with van der Waals surface area (Å²) in [5.74, 6) is 0.699. The Bertz CT molecular complexity index is 1450. The Labute approximate surface area is 199 Å². The van der Waals surface area contributed by atoms with Crippen molar-refractivity contribution in [3.8, 4) is 17.1 Å². The number of para-hydroxylation sites is 1. The summed E-state index contributed by atoms with van der Waals surface area (Å²) in [5, 5.41) is 12.2. The van der Waals surface area contributed by atoms with Gasteiger partial charge in [0, 0.05) is 17.6 Å². The monoisotopic (exact) mass is 468 g/mol. The van der Waals surface area contributed by atoms with Crippen LogP contribution in [0.2, 0.25) is 0 Å². The van der Waals surface area contributed by atoms with Crippen molar-refractivity contribution in [2.75, 3.05) is 10.6 Å². The number of nitrogens with one attached hydrogen (secondary N) is 2. The third-order valence-corrected chi connectivity index (χ3v) is 5.95. The Morgan fingerprint density at radius 3 is 2.32 bits per heavy atom. The van der Waals surface area contributed by atoms with E-state index in [1.807, 2.05) is 54.8 Å². The second-order valence-corrected chi connectivity index (χ2v) is 8.50. The minimum atomic E-state index is -0.340. The van der Waals surface area contributed by atoms with Gasteiger partial charge in [0.15, 0.2) is 5.76 Å². The van der Waals surface area contributed by atoms with Crippen LogP contribution in [0.15, 0.2) is 94.9 Å². The lowest BCUT2D eigenvalue weighted by Gasteiger charge is -2.08. The molecule has 5 rings (SSSR count). The molecular formula is C26H20N4O3S. The van der Waals surface area contributed by atoms with Crippen LogP contribution >= 0.6 is 11.3 Å². The topological polar surface area (TPSA) is 89.2 Å². The summed E-state index contributed by atoms with van der Waals surface area (Å²) in [4.78, 5) is 26.3. The first-order chi connectivity index (χ1) is 16.6. The zero-order valence-electron chi connectivity index (χ0n) is 18.2. The van der Waals surface area contributed by atoms with E-state index in [2.05, 4.69) is 15.7 Å². The number of thiophene rings is 1. The van der Waals surface area contributed by atoms with E-state index in [-0.39, 0.29) is 11.8 Å². The molecule has 168 valence electrons. The highest BCUT2D eigenvalue weighted by Gasteiger charge is 2.21. The highest BCUT2D eigenvalue weighted by atomic mass is 32.1. The van der Waals surface area contributed by atoms with Crippen molar-refractivity contribution >= 4 is 34.5 Å². The van der Waals surface area contributed by atoms with E-state index in [1.54, 1.807) is 47.3 Å². The summed E-state index contributed by atoms with van der Waals surface area (Å²) in [5.41, 5.74) is 2.76. The first kappa shape index (κ1) is 21.4. The summed E-state index contributed by atoms with van der Waals surface area (Å²) >= 11 is 1.36. The highest BCUT2D eigenvalue weighted by molar-refractivity contribution is 7.12. The zero-order valence-corrected chi connectivity index (χ0v) is 19.0. The van der Waals surface area contributed by atoms with E-state index in [1.165, 1.54) is 11.3 Å². The average Bonchev–Trinajstić information content (AvgIpc) is 3.60. The van der Waals surface area contributed by atoms with Crippen molar-refractivity contribution in [3.05, 3.63) is 107 Å². The van der Waals surface area contributed by atoms with Gasteiger partial charge in [0.1, 0.15) is 11.5 Å². The maximum absolute atomic E-state index is 13.3. The highest BCUT2D eigenvalue weighted by Crippen LogP contribution is 2.27. The molecule has 0 unspecified atom stereocenters. The molecule has 3 heterocycles. The first-order valence-electron chi connectivity index (χ1n) is 10.5. The number of amides is 2. The van der Waals surface area contributed by atoms with Crippen LogP contribution in [-0.2, 0) is 0 Å². The number of aryl methyl sites for hydroxylation is 1. The van der Waals surface area contributed by atoms with Crippen LogP contribution < -0.4 is 10.6 Å². The van der Waals surface area contributed by atoms with Gasteiger partial charge >= 0.3 is 0 Å². The van der Waals surface area contributed by atoms with E-state index in [0.717, 1.165) is 11.4 Å². The molecule has 8 heteroatoms. The number of nitrogens with zero attached hydrogens (tertiary/aromatic N) is 2.